The first kappa shape index (κ1) is 18.4. The monoisotopic (exact) mass is 378 g/mol. The zero-order valence-electron chi connectivity index (χ0n) is 14.9. The molecule has 26 heavy (non-hydrogen) atoms. The molecule has 0 unspecified atom stereocenters. The molecule has 0 aliphatic carbocycles. The van der Waals surface area contributed by atoms with Crippen LogP contribution in [0.1, 0.15) is 33.1 Å². The van der Waals surface area contributed by atoms with Gasteiger partial charge < -0.3 is 18.8 Å². The Bertz CT molecular complexity index is 884. The molecule has 0 bridgehead atoms. The second-order valence-electron chi connectivity index (χ2n) is 5.81. The van der Waals surface area contributed by atoms with Gasteiger partial charge in [0.05, 0.1) is 23.2 Å². The van der Waals surface area contributed by atoms with E-state index in [4.69, 9.17) is 14.2 Å². The zero-order chi connectivity index (χ0) is 18.5. The maximum Gasteiger partial charge on any atom is 0.307 e. The molecule has 0 atom stereocenters. The summed E-state index contributed by atoms with van der Waals surface area (Å²) in [6.07, 6.45) is 1.35. The van der Waals surface area contributed by atoms with Crippen LogP contribution in [0.2, 0.25) is 0 Å². The highest BCUT2D eigenvalue weighted by molar-refractivity contribution is 7.16. The zero-order valence-corrected chi connectivity index (χ0v) is 15.8. The molecule has 2 aromatic rings. The normalized spacial score (nSPS) is 13.8. The Labute approximate surface area is 155 Å². The lowest BCUT2D eigenvalue weighted by atomic mass is 10.2. The van der Waals surface area contributed by atoms with Crippen LogP contribution in [-0.4, -0.2) is 36.3 Å². The van der Waals surface area contributed by atoms with E-state index in [1.165, 1.54) is 11.3 Å². The van der Waals surface area contributed by atoms with Crippen molar-refractivity contribution >= 4 is 33.4 Å². The van der Waals surface area contributed by atoms with Gasteiger partial charge in [-0.25, -0.2) is 0 Å². The Hall–Kier alpha value is -2.35. The summed E-state index contributed by atoms with van der Waals surface area (Å²) in [5, 5.41) is 0. The van der Waals surface area contributed by atoms with Gasteiger partial charge in [-0.05, 0) is 13.3 Å². The number of carbonyl (C=O) groups is 2. The van der Waals surface area contributed by atoms with Crippen LogP contribution in [0.25, 0.3) is 10.2 Å². The van der Waals surface area contributed by atoms with Gasteiger partial charge in [0.15, 0.2) is 16.3 Å². The Morgan fingerprint density at radius 1 is 1.19 bits per heavy atom. The molecule has 0 saturated heterocycles. The first-order valence-corrected chi connectivity index (χ1v) is 9.60. The van der Waals surface area contributed by atoms with Gasteiger partial charge in [-0.2, -0.15) is 4.99 Å². The quantitative estimate of drug-likeness (QED) is 0.722. The van der Waals surface area contributed by atoms with Crippen molar-refractivity contribution in [2.75, 3.05) is 19.8 Å². The summed E-state index contributed by atoms with van der Waals surface area (Å²) in [6, 6.07) is 3.79. The summed E-state index contributed by atoms with van der Waals surface area (Å²) in [4.78, 5) is 28.6. The third kappa shape index (κ3) is 4.07. The number of hydrogen-bond acceptors (Lipinski definition) is 6. The highest BCUT2D eigenvalue weighted by Gasteiger charge is 2.17. The van der Waals surface area contributed by atoms with Crippen molar-refractivity contribution < 1.29 is 23.8 Å². The number of rotatable bonds is 6. The van der Waals surface area contributed by atoms with Crippen molar-refractivity contribution in [2.24, 2.45) is 4.99 Å². The third-order valence-electron chi connectivity index (χ3n) is 3.88. The number of thiazole rings is 1. The number of fused-ring (bicyclic) bond motifs is 2. The Morgan fingerprint density at radius 3 is 2.62 bits per heavy atom. The summed E-state index contributed by atoms with van der Waals surface area (Å²) in [7, 11) is 0. The van der Waals surface area contributed by atoms with E-state index in [0.717, 1.165) is 16.6 Å². The SMILES string of the molecule is CCCC(=O)N=c1sc2cc3c(cc2n1CCC(=O)OCC)OCCO3. The lowest BCUT2D eigenvalue weighted by Crippen LogP contribution is -2.20. The molecule has 8 heteroatoms. The molecule has 2 heterocycles. The minimum absolute atomic E-state index is 0.166. The predicted octanol–water partition coefficient (Wildman–Crippen LogP) is 2.65. The van der Waals surface area contributed by atoms with Crippen LogP contribution in [0.4, 0.5) is 0 Å². The topological polar surface area (TPSA) is 79.1 Å². The molecule has 1 aromatic carbocycles. The number of carbonyl (C=O) groups excluding carboxylic acids is 2. The van der Waals surface area contributed by atoms with Gasteiger partial charge in [-0.1, -0.05) is 18.3 Å². The molecule has 140 valence electrons. The van der Waals surface area contributed by atoms with Crippen LogP contribution < -0.4 is 14.3 Å². The Morgan fingerprint density at radius 2 is 1.92 bits per heavy atom. The molecule has 0 saturated carbocycles. The van der Waals surface area contributed by atoms with Gasteiger partial charge in [0.25, 0.3) is 0 Å². The van der Waals surface area contributed by atoms with Crippen LogP contribution in [-0.2, 0) is 20.9 Å². The van der Waals surface area contributed by atoms with E-state index in [2.05, 4.69) is 4.99 Å². The lowest BCUT2D eigenvalue weighted by Gasteiger charge is -2.18. The van der Waals surface area contributed by atoms with E-state index in [1.54, 1.807) is 6.92 Å². The summed E-state index contributed by atoms with van der Waals surface area (Å²) in [5.41, 5.74) is 0.867. The maximum absolute atomic E-state index is 12.0. The highest BCUT2D eigenvalue weighted by atomic mass is 32.1. The fourth-order valence-corrected chi connectivity index (χ4v) is 3.80. The standard InChI is InChI=1S/C18H22N2O5S/c1-3-5-16(21)19-18-20(7-6-17(22)23-4-2)12-10-13-14(11-15(12)26-18)25-9-8-24-13/h10-11H,3-9H2,1-2H3. The van der Waals surface area contributed by atoms with Crippen molar-refractivity contribution in [3.05, 3.63) is 16.9 Å². The van der Waals surface area contributed by atoms with E-state index >= 15 is 0 Å². The first-order chi connectivity index (χ1) is 12.6. The number of amides is 1. The van der Waals surface area contributed by atoms with Crippen LogP contribution >= 0.6 is 11.3 Å². The largest absolute Gasteiger partial charge is 0.486 e. The molecule has 1 aliphatic heterocycles. The van der Waals surface area contributed by atoms with E-state index in [0.29, 0.717) is 49.1 Å². The van der Waals surface area contributed by atoms with Crippen LogP contribution in [0.15, 0.2) is 17.1 Å². The second-order valence-corrected chi connectivity index (χ2v) is 6.82. The predicted molar refractivity (Wildman–Crippen MR) is 97.5 cm³/mol. The minimum atomic E-state index is -0.275. The van der Waals surface area contributed by atoms with Crippen molar-refractivity contribution in [1.29, 1.82) is 0 Å². The van der Waals surface area contributed by atoms with Gasteiger partial charge >= 0.3 is 5.97 Å². The molecule has 0 N–H and O–H groups in total. The minimum Gasteiger partial charge on any atom is -0.486 e. The smallest absolute Gasteiger partial charge is 0.307 e. The molecule has 0 fully saturated rings. The van der Waals surface area contributed by atoms with Crippen molar-refractivity contribution in [3.63, 3.8) is 0 Å². The number of aryl methyl sites for hydroxylation is 1. The Kier molecular flexibility index (Phi) is 5.92. The average molecular weight is 378 g/mol. The van der Waals surface area contributed by atoms with Crippen molar-refractivity contribution in [1.82, 2.24) is 4.57 Å². The Balaban J connectivity index is 2.03. The van der Waals surface area contributed by atoms with E-state index in [9.17, 15) is 9.59 Å². The van der Waals surface area contributed by atoms with Crippen LogP contribution in [0.5, 0.6) is 11.5 Å². The van der Waals surface area contributed by atoms with E-state index in [-0.39, 0.29) is 18.3 Å². The third-order valence-corrected chi connectivity index (χ3v) is 4.92. The van der Waals surface area contributed by atoms with E-state index < -0.39 is 0 Å². The van der Waals surface area contributed by atoms with Gasteiger partial charge in [-0.15, -0.1) is 0 Å². The summed E-state index contributed by atoms with van der Waals surface area (Å²) in [5.74, 6) is 0.913. The van der Waals surface area contributed by atoms with Crippen molar-refractivity contribution in [2.45, 2.75) is 39.7 Å². The summed E-state index contributed by atoms with van der Waals surface area (Å²) < 4.78 is 19.1. The molecule has 0 radical (unpaired) electrons. The number of nitrogens with zero attached hydrogens (tertiary/aromatic N) is 2. The van der Waals surface area contributed by atoms with Gasteiger partial charge in [0.1, 0.15) is 13.2 Å². The molecule has 0 spiro atoms. The van der Waals surface area contributed by atoms with Crippen molar-refractivity contribution in [3.8, 4) is 11.5 Å². The number of ether oxygens (including phenoxy) is 3. The molecule has 1 aliphatic rings. The number of hydrogen-bond donors (Lipinski definition) is 0. The van der Waals surface area contributed by atoms with Gasteiger partial charge in [0.2, 0.25) is 5.91 Å². The number of aromatic nitrogens is 1. The van der Waals surface area contributed by atoms with E-state index in [1.807, 2.05) is 23.6 Å². The average Bonchev–Trinajstić information content (AvgIpc) is 2.94. The number of benzene rings is 1. The maximum atomic E-state index is 12.0. The lowest BCUT2D eigenvalue weighted by molar-refractivity contribution is -0.143. The van der Waals surface area contributed by atoms with Gasteiger partial charge in [-0.3, -0.25) is 9.59 Å². The molecular weight excluding hydrogens is 356 g/mol. The fourth-order valence-electron chi connectivity index (χ4n) is 2.72. The number of esters is 1. The molecular formula is C18H22N2O5S. The highest BCUT2D eigenvalue weighted by Crippen LogP contribution is 2.35. The second kappa shape index (κ2) is 8.35. The summed E-state index contributed by atoms with van der Waals surface area (Å²) in [6.45, 7) is 5.46. The molecule has 7 nitrogen and oxygen atoms in total. The summed E-state index contributed by atoms with van der Waals surface area (Å²) >= 11 is 1.40. The fraction of sp³-hybridized carbons (Fsp3) is 0.500. The van der Waals surface area contributed by atoms with Gasteiger partial charge in [0, 0.05) is 25.1 Å². The van der Waals surface area contributed by atoms with Crippen LogP contribution in [0.3, 0.4) is 0 Å². The molecule has 3 rings (SSSR count). The van der Waals surface area contributed by atoms with Crippen LogP contribution in [0, 0.1) is 0 Å². The first-order valence-electron chi connectivity index (χ1n) is 8.78. The molecule has 1 amide bonds. The molecule has 1 aromatic heterocycles.